The van der Waals surface area contributed by atoms with Crippen LogP contribution in [0.2, 0.25) is 0 Å². The fourth-order valence-corrected chi connectivity index (χ4v) is 3.36. The molecule has 6 heteroatoms. The van der Waals surface area contributed by atoms with Gasteiger partial charge in [-0.1, -0.05) is 37.6 Å². The predicted molar refractivity (Wildman–Crippen MR) is 111 cm³/mol. The Bertz CT molecular complexity index is 810. The first-order chi connectivity index (χ1) is 13.6. The van der Waals surface area contributed by atoms with Gasteiger partial charge in [-0.2, -0.15) is 0 Å². The molecule has 1 aliphatic heterocycles. The van der Waals surface area contributed by atoms with Crippen molar-refractivity contribution >= 4 is 23.3 Å². The molecular weight excluding hydrogens is 354 g/mol. The number of para-hydroxylation sites is 1. The van der Waals surface area contributed by atoms with E-state index in [9.17, 15) is 9.59 Å². The third kappa shape index (κ3) is 4.63. The maximum atomic E-state index is 12.9. The zero-order chi connectivity index (χ0) is 19.9. The first-order valence-corrected chi connectivity index (χ1v) is 9.70. The van der Waals surface area contributed by atoms with Crippen LogP contribution in [0.5, 0.6) is 5.75 Å². The van der Waals surface area contributed by atoms with E-state index >= 15 is 0 Å². The summed E-state index contributed by atoms with van der Waals surface area (Å²) in [6.07, 6.45) is 2.21. The van der Waals surface area contributed by atoms with E-state index in [4.69, 9.17) is 4.74 Å². The highest BCUT2D eigenvalue weighted by Gasteiger charge is 2.32. The van der Waals surface area contributed by atoms with Crippen LogP contribution < -0.4 is 19.9 Å². The third-order valence-corrected chi connectivity index (χ3v) is 4.87. The van der Waals surface area contributed by atoms with E-state index in [2.05, 4.69) is 12.2 Å². The van der Waals surface area contributed by atoms with E-state index in [1.54, 1.807) is 16.9 Å². The molecule has 2 aromatic carbocycles. The maximum Gasteiger partial charge on any atom is 0.322 e. The number of hydrogen-bond donors (Lipinski definition) is 1. The summed E-state index contributed by atoms with van der Waals surface area (Å²) < 4.78 is 5.24. The Morgan fingerprint density at radius 3 is 2.71 bits per heavy atom. The normalized spacial score (nSPS) is 16.1. The summed E-state index contributed by atoms with van der Waals surface area (Å²) in [6, 6.07) is 16.7. The van der Waals surface area contributed by atoms with E-state index in [1.807, 2.05) is 54.6 Å². The lowest BCUT2D eigenvalue weighted by Gasteiger charge is -2.25. The average Bonchev–Trinajstić information content (AvgIpc) is 3.09. The molecular formula is C22H27N3O3. The highest BCUT2D eigenvalue weighted by Crippen LogP contribution is 2.25. The molecule has 1 fully saturated rings. The molecule has 3 amide bonds. The van der Waals surface area contributed by atoms with Crippen molar-refractivity contribution in [1.82, 2.24) is 5.32 Å². The minimum atomic E-state index is -0.223. The second kappa shape index (κ2) is 9.26. The molecule has 0 spiro atoms. The number of anilines is 2. The predicted octanol–water partition coefficient (Wildman–Crippen LogP) is 3.82. The molecule has 148 valence electrons. The molecule has 0 unspecified atom stereocenters. The van der Waals surface area contributed by atoms with E-state index in [0.29, 0.717) is 25.3 Å². The van der Waals surface area contributed by atoms with Crippen LogP contribution >= 0.6 is 0 Å². The number of nitrogens with one attached hydrogen (secondary N) is 1. The first kappa shape index (κ1) is 19.7. The second-order valence-electron chi connectivity index (χ2n) is 6.90. The van der Waals surface area contributed by atoms with Crippen molar-refractivity contribution in [3.63, 3.8) is 0 Å². The molecule has 0 radical (unpaired) electrons. The smallest absolute Gasteiger partial charge is 0.322 e. The highest BCUT2D eigenvalue weighted by atomic mass is 16.5. The van der Waals surface area contributed by atoms with Gasteiger partial charge in [0.2, 0.25) is 5.91 Å². The number of urea groups is 1. The van der Waals surface area contributed by atoms with Crippen LogP contribution in [0.4, 0.5) is 16.2 Å². The summed E-state index contributed by atoms with van der Waals surface area (Å²) in [5.41, 5.74) is 1.65. The Labute approximate surface area is 166 Å². The van der Waals surface area contributed by atoms with Gasteiger partial charge in [0.15, 0.2) is 0 Å². The van der Waals surface area contributed by atoms with Crippen molar-refractivity contribution in [3.8, 4) is 5.75 Å². The molecule has 1 N–H and O–H groups in total. The number of methoxy groups -OCH3 is 1. The van der Waals surface area contributed by atoms with Gasteiger partial charge >= 0.3 is 6.03 Å². The Morgan fingerprint density at radius 2 is 2.00 bits per heavy atom. The number of rotatable bonds is 7. The van der Waals surface area contributed by atoms with Crippen LogP contribution in [0.1, 0.15) is 26.2 Å². The molecule has 0 bridgehead atoms. The number of hydrogen-bond acceptors (Lipinski definition) is 3. The van der Waals surface area contributed by atoms with Gasteiger partial charge < -0.3 is 15.0 Å². The van der Waals surface area contributed by atoms with Crippen molar-refractivity contribution in [1.29, 1.82) is 0 Å². The van der Waals surface area contributed by atoms with Crippen LogP contribution in [0, 0.1) is 0 Å². The number of amides is 3. The number of benzene rings is 2. The Morgan fingerprint density at radius 1 is 1.21 bits per heavy atom. The monoisotopic (exact) mass is 381 g/mol. The minimum absolute atomic E-state index is 0.00151. The molecule has 28 heavy (non-hydrogen) atoms. The molecule has 6 nitrogen and oxygen atoms in total. The van der Waals surface area contributed by atoms with Crippen molar-refractivity contribution < 1.29 is 14.3 Å². The minimum Gasteiger partial charge on any atom is -0.497 e. The number of unbranched alkanes of at least 4 members (excludes halogenated alkanes) is 1. The zero-order valence-corrected chi connectivity index (χ0v) is 16.4. The molecule has 1 aliphatic rings. The Kier molecular flexibility index (Phi) is 6.53. The van der Waals surface area contributed by atoms with Crippen LogP contribution in [0.15, 0.2) is 54.6 Å². The van der Waals surface area contributed by atoms with Crippen LogP contribution in [0.25, 0.3) is 0 Å². The van der Waals surface area contributed by atoms with Gasteiger partial charge in [0.1, 0.15) is 5.75 Å². The summed E-state index contributed by atoms with van der Waals surface area (Å²) in [7, 11) is 1.60. The molecule has 0 aliphatic carbocycles. The summed E-state index contributed by atoms with van der Waals surface area (Å²) in [5, 5.41) is 3.04. The molecule has 1 atom stereocenters. The first-order valence-electron chi connectivity index (χ1n) is 9.70. The van der Waals surface area contributed by atoms with E-state index < -0.39 is 0 Å². The fourth-order valence-electron chi connectivity index (χ4n) is 3.36. The molecule has 1 saturated heterocycles. The molecule has 0 saturated carbocycles. The topological polar surface area (TPSA) is 61.9 Å². The highest BCUT2D eigenvalue weighted by molar-refractivity contribution is 5.98. The SMILES string of the molecule is CCCCN(C(=O)N[C@H]1CC(=O)N(c2cccc(OC)c2)C1)c1ccccc1. The molecule has 3 rings (SSSR count). The fraction of sp³-hybridized carbons (Fsp3) is 0.364. The van der Waals surface area contributed by atoms with Gasteiger partial charge in [-0.25, -0.2) is 4.79 Å². The van der Waals surface area contributed by atoms with Gasteiger partial charge in [0, 0.05) is 37.0 Å². The second-order valence-corrected chi connectivity index (χ2v) is 6.90. The summed E-state index contributed by atoms with van der Waals surface area (Å²) in [5.74, 6) is 0.700. The molecule has 1 heterocycles. The Balaban J connectivity index is 1.68. The Hall–Kier alpha value is -3.02. The quantitative estimate of drug-likeness (QED) is 0.793. The van der Waals surface area contributed by atoms with Gasteiger partial charge in [0.05, 0.1) is 13.2 Å². The summed E-state index contributed by atoms with van der Waals surface area (Å²) in [6.45, 7) is 3.20. The van der Waals surface area contributed by atoms with Gasteiger partial charge in [0.25, 0.3) is 0 Å². The molecule has 2 aromatic rings. The van der Waals surface area contributed by atoms with E-state index in [0.717, 1.165) is 24.2 Å². The van der Waals surface area contributed by atoms with Crippen molar-refractivity contribution in [3.05, 3.63) is 54.6 Å². The number of carbonyl (C=O) groups is 2. The summed E-state index contributed by atoms with van der Waals surface area (Å²) in [4.78, 5) is 28.9. The standard InChI is InChI=1S/C22H27N3O3/c1-3-4-13-24(18-9-6-5-7-10-18)22(27)23-17-14-21(26)25(16-17)19-11-8-12-20(15-19)28-2/h5-12,15,17H,3-4,13-14,16H2,1-2H3,(H,23,27)/t17-/m0/s1. The van der Waals surface area contributed by atoms with Crippen molar-refractivity contribution in [2.45, 2.75) is 32.2 Å². The van der Waals surface area contributed by atoms with Crippen molar-refractivity contribution in [2.75, 3.05) is 30.0 Å². The maximum absolute atomic E-state index is 12.9. The number of nitrogens with zero attached hydrogens (tertiary/aromatic N) is 2. The van der Waals surface area contributed by atoms with E-state index in [-0.39, 0.29) is 18.0 Å². The van der Waals surface area contributed by atoms with Crippen LogP contribution in [0.3, 0.4) is 0 Å². The lowest BCUT2D eigenvalue weighted by Crippen LogP contribution is -2.46. The number of ether oxygens (including phenoxy) is 1. The largest absolute Gasteiger partial charge is 0.497 e. The molecule has 0 aromatic heterocycles. The zero-order valence-electron chi connectivity index (χ0n) is 16.4. The summed E-state index contributed by atoms with van der Waals surface area (Å²) >= 11 is 0. The van der Waals surface area contributed by atoms with E-state index in [1.165, 1.54) is 0 Å². The van der Waals surface area contributed by atoms with Gasteiger partial charge in [-0.05, 0) is 30.7 Å². The average molecular weight is 381 g/mol. The lowest BCUT2D eigenvalue weighted by atomic mass is 10.2. The number of carbonyl (C=O) groups excluding carboxylic acids is 2. The third-order valence-electron chi connectivity index (χ3n) is 4.87. The van der Waals surface area contributed by atoms with Gasteiger partial charge in [-0.15, -0.1) is 0 Å². The lowest BCUT2D eigenvalue weighted by molar-refractivity contribution is -0.117. The van der Waals surface area contributed by atoms with Crippen LogP contribution in [-0.4, -0.2) is 38.2 Å². The van der Waals surface area contributed by atoms with Crippen LogP contribution in [-0.2, 0) is 4.79 Å². The van der Waals surface area contributed by atoms with Crippen molar-refractivity contribution in [2.24, 2.45) is 0 Å². The van der Waals surface area contributed by atoms with Gasteiger partial charge in [-0.3, -0.25) is 9.69 Å².